The first-order chi connectivity index (χ1) is 10.1. The van der Waals surface area contributed by atoms with Crippen molar-refractivity contribution in [1.29, 1.82) is 0 Å². The summed E-state index contributed by atoms with van der Waals surface area (Å²) in [6.45, 7) is 0. The molecule has 2 aromatic rings. The van der Waals surface area contributed by atoms with E-state index in [4.69, 9.17) is 0 Å². The number of anilines is 2. The first-order valence-corrected chi connectivity index (χ1v) is 5.96. The van der Waals surface area contributed by atoms with Crippen molar-refractivity contribution in [2.45, 2.75) is 0 Å². The molecule has 0 aliphatic rings. The predicted octanol–water partition coefficient (Wildman–Crippen LogP) is 3.31. The number of carbonyl (C=O) groups is 2. The van der Waals surface area contributed by atoms with E-state index in [1.165, 1.54) is 0 Å². The Bertz CT molecular complexity index is 687. The van der Waals surface area contributed by atoms with Crippen LogP contribution in [0.2, 0.25) is 0 Å². The normalized spacial score (nSPS) is 10.0. The number of carbonyl (C=O) groups excluding carboxylic acids is 2. The molecule has 6 heteroatoms. The molecule has 0 fully saturated rings. The van der Waals surface area contributed by atoms with Crippen molar-refractivity contribution < 1.29 is 23.1 Å². The van der Waals surface area contributed by atoms with Crippen LogP contribution in [-0.2, 0) is 4.74 Å². The minimum atomic E-state index is -1.32. The molecule has 1 N–H and O–H groups in total. The van der Waals surface area contributed by atoms with Gasteiger partial charge in [-0.3, -0.25) is 4.79 Å². The Labute approximate surface area is 119 Å². The van der Waals surface area contributed by atoms with Gasteiger partial charge < -0.3 is 10.1 Å². The zero-order valence-electron chi connectivity index (χ0n) is 11.0. The van der Waals surface area contributed by atoms with Gasteiger partial charge in [0.25, 0.3) is 0 Å². The molecule has 0 amide bonds. The van der Waals surface area contributed by atoms with Crippen molar-refractivity contribution in [2.24, 2.45) is 0 Å². The fourth-order valence-electron chi connectivity index (χ4n) is 1.79. The Hall–Kier alpha value is -2.76. The molecule has 0 saturated heterocycles. The number of benzene rings is 2. The highest BCUT2D eigenvalue weighted by atomic mass is 19.2. The SMILES string of the molecule is COC(=O)c1cc(C=O)c(F)c(F)c1Nc1ccccc1. The van der Waals surface area contributed by atoms with E-state index in [1.54, 1.807) is 30.3 Å². The molecule has 4 nitrogen and oxygen atoms in total. The highest BCUT2D eigenvalue weighted by molar-refractivity contribution is 5.98. The van der Waals surface area contributed by atoms with E-state index in [9.17, 15) is 18.4 Å². The number of para-hydroxylation sites is 1. The van der Waals surface area contributed by atoms with Gasteiger partial charge in [-0.25, -0.2) is 13.6 Å². The van der Waals surface area contributed by atoms with E-state index in [2.05, 4.69) is 10.1 Å². The lowest BCUT2D eigenvalue weighted by Gasteiger charge is -2.13. The summed E-state index contributed by atoms with van der Waals surface area (Å²) in [7, 11) is 1.11. The van der Waals surface area contributed by atoms with Crippen LogP contribution in [0.4, 0.5) is 20.2 Å². The molecule has 2 aromatic carbocycles. The van der Waals surface area contributed by atoms with E-state index in [0.29, 0.717) is 5.69 Å². The van der Waals surface area contributed by atoms with Gasteiger partial charge in [0.15, 0.2) is 17.9 Å². The predicted molar refractivity (Wildman–Crippen MR) is 72.8 cm³/mol. The average molecular weight is 291 g/mol. The molecule has 0 saturated carbocycles. The summed E-state index contributed by atoms with van der Waals surface area (Å²) in [5, 5.41) is 2.62. The number of hydrogen-bond acceptors (Lipinski definition) is 4. The third-order valence-corrected chi connectivity index (χ3v) is 2.81. The first-order valence-electron chi connectivity index (χ1n) is 5.96. The molecule has 0 bridgehead atoms. The highest BCUT2D eigenvalue weighted by Gasteiger charge is 2.23. The van der Waals surface area contributed by atoms with E-state index >= 15 is 0 Å². The molecule has 21 heavy (non-hydrogen) atoms. The molecule has 0 radical (unpaired) electrons. The second kappa shape index (κ2) is 6.13. The quantitative estimate of drug-likeness (QED) is 0.693. The number of methoxy groups -OCH3 is 1. The Kier molecular flexibility index (Phi) is 4.27. The van der Waals surface area contributed by atoms with Crippen LogP contribution in [-0.4, -0.2) is 19.4 Å². The minimum Gasteiger partial charge on any atom is -0.465 e. The standard InChI is InChI=1S/C15H11F2NO3/c1-21-15(20)11-7-9(8-19)12(16)13(17)14(11)18-10-5-3-2-4-6-10/h2-8,18H,1H3. The summed E-state index contributed by atoms with van der Waals surface area (Å²) in [6, 6.07) is 9.31. The van der Waals surface area contributed by atoms with Crippen LogP contribution >= 0.6 is 0 Å². The topological polar surface area (TPSA) is 55.4 Å². The lowest BCUT2D eigenvalue weighted by Crippen LogP contribution is -2.11. The molecule has 0 aliphatic carbocycles. The van der Waals surface area contributed by atoms with E-state index in [1.807, 2.05) is 0 Å². The van der Waals surface area contributed by atoms with Crippen molar-refractivity contribution >= 4 is 23.6 Å². The van der Waals surface area contributed by atoms with Crippen LogP contribution in [0.1, 0.15) is 20.7 Å². The molecule has 0 heterocycles. The zero-order chi connectivity index (χ0) is 15.4. The zero-order valence-corrected chi connectivity index (χ0v) is 11.0. The van der Waals surface area contributed by atoms with E-state index < -0.39 is 23.2 Å². The van der Waals surface area contributed by atoms with Gasteiger partial charge in [0.2, 0.25) is 0 Å². The molecule has 0 unspecified atom stereocenters. The molecule has 0 atom stereocenters. The van der Waals surface area contributed by atoms with Crippen molar-refractivity contribution in [3.63, 3.8) is 0 Å². The average Bonchev–Trinajstić information content (AvgIpc) is 2.52. The van der Waals surface area contributed by atoms with Gasteiger partial charge in [-0.1, -0.05) is 18.2 Å². The Balaban J connectivity index is 2.59. The lowest BCUT2D eigenvalue weighted by molar-refractivity contribution is 0.0601. The molecular formula is C15H11F2NO3. The van der Waals surface area contributed by atoms with Gasteiger partial charge in [-0.2, -0.15) is 0 Å². The maximum Gasteiger partial charge on any atom is 0.340 e. The van der Waals surface area contributed by atoms with Crippen molar-refractivity contribution in [3.05, 3.63) is 59.2 Å². The number of rotatable bonds is 4. The van der Waals surface area contributed by atoms with Crippen LogP contribution in [0.25, 0.3) is 0 Å². The fourth-order valence-corrected chi connectivity index (χ4v) is 1.79. The monoisotopic (exact) mass is 291 g/mol. The van der Waals surface area contributed by atoms with Crippen LogP contribution in [0.5, 0.6) is 0 Å². The Morgan fingerprint density at radius 3 is 2.43 bits per heavy atom. The number of esters is 1. The summed E-state index contributed by atoms with van der Waals surface area (Å²) >= 11 is 0. The van der Waals surface area contributed by atoms with Crippen LogP contribution < -0.4 is 5.32 Å². The summed E-state index contributed by atoms with van der Waals surface area (Å²) < 4.78 is 32.3. The summed E-state index contributed by atoms with van der Waals surface area (Å²) in [6.07, 6.45) is 0.136. The number of ether oxygens (including phenoxy) is 1. The van der Waals surface area contributed by atoms with Gasteiger partial charge >= 0.3 is 5.97 Å². The lowest BCUT2D eigenvalue weighted by atomic mass is 10.1. The van der Waals surface area contributed by atoms with Gasteiger partial charge in [-0.15, -0.1) is 0 Å². The summed E-state index contributed by atoms with van der Waals surface area (Å²) in [5.41, 5.74) is -0.732. The summed E-state index contributed by atoms with van der Waals surface area (Å²) in [4.78, 5) is 22.4. The molecule has 0 aliphatic heterocycles. The number of halogens is 2. The second-order valence-electron chi connectivity index (χ2n) is 4.12. The Morgan fingerprint density at radius 1 is 1.19 bits per heavy atom. The molecule has 0 aromatic heterocycles. The molecule has 108 valence electrons. The maximum atomic E-state index is 14.1. The third kappa shape index (κ3) is 2.89. The first kappa shape index (κ1) is 14.6. The van der Waals surface area contributed by atoms with Gasteiger partial charge in [0, 0.05) is 5.69 Å². The minimum absolute atomic E-state index is 0.136. The van der Waals surface area contributed by atoms with Gasteiger partial charge in [-0.05, 0) is 18.2 Å². The smallest absolute Gasteiger partial charge is 0.340 e. The molecular weight excluding hydrogens is 280 g/mol. The van der Waals surface area contributed by atoms with Crippen LogP contribution in [0.3, 0.4) is 0 Å². The van der Waals surface area contributed by atoms with Crippen molar-refractivity contribution in [1.82, 2.24) is 0 Å². The van der Waals surface area contributed by atoms with Crippen LogP contribution in [0.15, 0.2) is 36.4 Å². The number of hydrogen-bond donors (Lipinski definition) is 1. The summed E-state index contributed by atoms with van der Waals surface area (Å²) in [5.74, 6) is -3.52. The molecule has 0 spiro atoms. The van der Waals surface area contributed by atoms with Gasteiger partial charge in [0.1, 0.15) is 0 Å². The number of nitrogens with one attached hydrogen (secondary N) is 1. The molecule has 2 rings (SSSR count). The Morgan fingerprint density at radius 2 is 1.86 bits per heavy atom. The highest BCUT2D eigenvalue weighted by Crippen LogP contribution is 2.28. The third-order valence-electron chi connectivity index (χ3n) is 2.81. The maximum absolute atomic E-state index is 14.1. The van der Waals surface area contributed by atoms with Crippen LogP contribution in [0, 0.1) is 11.6 Å². The van der Waals surface area contributed by atoms with Crippen molar-refractivity contribution in [2.75, 3.05) is 12.4 Å². The van der Waals surface area contributed by atoms with E-state index in [-0.39, 0.29) is 17.5 Å². The van der Waals surface area contributed by atoms with Gasteiger partial charge in [0.05, 0.1) is 23.9 Å². The second-order valence-corrected chi connectivity index (χ2v) is 4.12. The van der Waals surface area contributed by atoms with Crippen molar-refractivity contribution in [3.8, 4) is 0 Å². The fraction of sp³-hybridized carbons (Fsp3) is 0.0667. The van der Waals surface area contributed by atoms with E-state index in [0.717, 1.165) is 13.2 Å². The largest absolute Gasteiger partial charge is 0.465 e. The number of aldehydes is 1.